The third-order valence-electron chi connectivity index (χ3n) is 4.62. The van der Waals surface area contributed by atoms with Gasteiger partial charge in [0.15, 0.2) is 5.96 Å². The number of aliphatic imine (C=N–C) groups is 1. The van der Waals surface area contributed by atoms with Gasteiger partial charge in [0.05, 0.1) is 24.7 Å². The Hall–Kier alpha value is -1.84. The van der Waals surface area contributed by atoms with Crippen LogP contribution in [0.4, 0.5) is 5.69 Å². The molecule has 1 atom stereocenters. The van der Waals surface area contributed by atoms with Crippen molar-refractivity contribution >= 4 is 23.4 Å². The van der Waals surface area contributed by atoms with Crippen LogP contribution in [0.3, 0.4) is 0 Å². The maximum atomic E-state index is 10.8. The minimum Gasteiger partial charge on any atom is -0.379 e. The van der Waals surface area contributed by atoms with Crippen LogP contribution in [-0.2, 0) is 11.3 Å². The summed E-state index contributed by atoms with van der Waals surface area (Å²) in [6.07, 6.45) is 3.17. The van der Waals surface area contributed by atoms with E-state index < -0.39 is 0 Å². The molecule has 0 aromatic heterocycles. The molecule has 28 heavy (non-hydrogen) atoms. The standard InChI is InChI=1S/C19H31N5O3S/c1-16(23-9-11-27-12-10-23)14-21-19(20-8-3-13-28-2)22-15-17-4-6-18(7-5-17)24(25)26/h4-7,16H,3,8-15H2,1-2H3,(H2,20,21,22). The third kappa shape index (κ3) is 8.04. The Labute approximate surface area is 171 Å². The van der Waals surface area contributed by atoms with Crippen LogP contribution in [0.2, 0.25) is 0 Å². The van der Waals surface area contributed by atoms with Gasteiger partial charge in [0.25, 0.3) is 5.69 Å². The Morgan fingerprint density at radius 1 is 1.32 bits per heavy atom. The van der Waals surface area contributed by atoms with Crippen molar-refractivity contribution in [1.29, 1.82) is 0 Å². The van der Waals surface area contributed by atoms with E-state index in [1.807, 2.05) is 11.8 Å². The fraction of sp³-hybridized carbons (Fsp3) is 0.632. The van der Waals surface area contributed by atoms with Gasteiger partial charge in [0, 0.05) is 44.4 Å². The Bertz CT molecular complexity index is 621. The molecule has 1 unspecified atom stereocenters. The summed E-state index contributed by atoms with van der Waals surface area (Å²) in [7, 11) is 0. The molecule has 1 aliphatic rings. The van der Waals surface area contributed by atoms with E-state index in [2.05, 4.69) is 33.7 Å². The second-order valence-corrected chi connectivity index (χ2v) is 7.73. The largest absolute Gasteiger partial charge is 0.379 e. The summed E-state index contributed by atoms with van der Waals surface area (Å²) in [5.41, 5.74) is 1.04. The van der Waals surface area contributed by atoms with Crippen LogP contribution in [-0.4, -0.2) is 73.2 Å². The van der Waals surface area contributed by atoms with Crippen molar-refractivity contribution in [3.05, 3.63) is 39.9 Å². The number of non-ortho nitro benzene ring substituents is 1. The summed E-state index contributed by atoms with van der Waals surface area (Å²) in [6, 6.07) is 6.93. The van der Waals surface area contributed by atoms with Crippen molar-refractivity contribution in [2.24, 2.45) is 4.99 Å². The lowest BCUT2D eigenvalue weighted by Gasteiger charge is -2.32. The first-order valence-electron chi connectivity index (χ1n) is 9.66. The predicted molar refractivity (Wildman–Crippen MR) is 115 cm³/mol. The van der Waals surface area contributed by atoms with Crippen LogP contribution < -0.4 is 10.6 Å². The monoisotopic (exact) mass is 409 g/mol. The number of nitro groups is 1. The maximum absolute atomic E-state index is 10.8. The van der Waals surface area contributed by atoms with Gasteiger partial charge in [-0.15, -0.1) is 0 Å². The molecular weight excluding hydrogens is 378 g/mol. The molecule has 0 radical (unpaired) electrons. The van der Waals surface area contributed by atoms with Gasteiger partial charge in [-0.1, -0.05) is 12.1 Å². The van der Waals surface area contributed by atoms with Gasteiger partial charge < -0.3 is 15.4 Å². The van der Waals surface area contributed by atoms with Crippen molar-refractivity contribution in [3.8, 4) is 0 Å². The number of thioether (sulfide) groups is 1. The van der Waals surface area contributed by atoms with E-state index in [1.54, 1.807) is 12.1 Å². The zero-order valence-electron chi connectivity index (χ0n) is 16.7. The summed E-state index contributed by atoms with van der Waals surface area (Å²) in [5.74, 6) is 1.88. The molecule has 1 heterocycles. The van der Waals surface area contributed by atoms with Crippen molar-refractivity contribution < 1.29 is 9.66 Å². The molecule has 0 amide bonds. The number of nitrogens with zero attached hydrogens (tertiary/aromatic N) is 3. The van der Waals surface area contributed by atoms with Crippen LogP contribution in [0, 0.1) is 10.1 Å². The summed E-state index contributed by atoms with van der Waals surface area (Å²) in [4.78, 5) is 17.5. The smallest absolute Gasteiger partial charge is 0.269 e. The summed E-state index contributed by atoms with van der Waals surface area (Å²) >= 11 is 1.83. The molecule has 0 spiro atoms. The number of nitro benzene ring substituents is 1. The number of morpholine rings is 1. The van der Waals surface area contributed by atoms with Gasteiger partial charge in [0.1, 0.15) is 0 Å². The van der Waals surface area contributed by atoms with E-state index in [0.29, 0.717) is 12.6 Å². The van der Waals surface area contributed by atoms with Crippen LogP contribution in [0.15, 0.2) is 29.3 Å². The Morgan fingerprint density at radius 2 is 2.04 bits per heavy atom. The van der Waals surface area contributed by atoms with Crippen LogP contribution >= 0.6 is 11.8 Å². The highest BCUT2D eigenvalue weighted by Gasteiger charge is 2.17. The first kappa shape index (κ1) is 22.4. The molecular formula is C19H31N5O3S. The quantitative estimate of drug-likeness (QED) is 0.201. The van der Waals surface area contributed by atoms with Gasteiger partial charge >= 0.3 is 0 Å². The lowest BCUT2D eigenvalue weighted by Crippen LogP contribution is -2.49. The number of hydrogen-bond acceptors (Lipinski definition) is 6. The number of benzene rings is 1. The molecule has 1 aromatic carbocycles. The van der Waals surface area contributed by atoms with E-state index in [0.717, 1.165) is 63.1 Å². The molecule has 0 saturated carbocycles. The van der Waals surface area contributed by atoms with Crippen molar-refractivity contribution in [3.63, 3.8) is 0 Å². The van der Waals surface area contributed by atoms with Crippen molar-refractivity contribution in [1.82, 2.24) is 15.5 Å². The fourth-order valence-corrected chi connectivity index (χ4v) is 3.32. The second-order valence-electron chi connectivity index (χ2n) is 6.74. The summed E-state index contributed by atoms with van der Waals surface area (Å²) in [5, 5.41) is 17.6. The molecule has 1 fully saturated rings. The predicted octanol–water partition coefficient (Wildman–Crippen LogP) is 2.10. The average Bonchev–Trinajstić information content (AvgIpc) is 2.73. The molecule has 1 aliphatic heterocycles. The van der Waals surface area contributed by atoms with E-state index in [4.69, 9.17) is 4.74 Å². The van der Waals surface area contributed by atoms with E-state index in [-0.39, 0.29) is 10.6 Å². The minimum atomic E-state index is -0.389. The van der Waals surface area contributed by atoms with Crippen molar-refractivity contribution in [2.45, 2.75) is 25.9 Å². The number of nitrogens with one attached hydrogen (secondary N) is 2. The lowest BCUT2D eigenvalue weighted by molar-refractivity contribution is -0.384. The summed E-state index contributed by atoms with van der Waals surface area (Å²) in [6.45, 7) is 7.84. The number of hydrogen-bond donors (Lipinski definition) is 2. The van der Waals surface area contributed by atoms with Gasteiger partial charge in [-0.3, -0.25) is 15.0 Å². The summed E-state index contributed by atoms with van der Waals surface area (Å²) < 4.78 is 5.42. The molecule has 0 aliphatic carbocycles. The molecule has 1 saturated heterocycles. The fourth-order valence-electron chi connectivity index (χ4n) is 2.88. The Morgan fingerprint density at radius 3 is 2.68 bits per heavy atom. The second kappa shape index (κ2) is 12.6. The molecule has 2 rings (SSSR count). The molecule has 0 bridgehead atoms. The zero-order valence-corrected chi connectivity index (χ0v) is 17.5. The topological polar surface area (TPSA) is 92.0 Å². The first-order chi connectivity index (χ1) is 13.6. The van der Waals surface area contributed by atoms with E-state index >= 15 is 0 Å². The maximum Gasteiger partial charge on any atom is 0.269 e. The molecule has 9 heteroatoms. The van der Waals surface area contributed by atoms with Gasteiger partial charge in [-0.2, -0.15) is 11.8 Å². The van der Waals surface area contributed by atoms with Crippen LogP contribution in [0.25, 0.3) is 0 Å². The Balaban J connectivity index is 1.90. The highest BCUT2D eigenvalue weighted by atomic mass is 32.2. The SMILES string of the molecule is CSCCCNC(=NCc1ccc([N+](=O)[O-])cc1)NCC(C)N1CCOCC1. The average molecular weight is 410 g/mol. The highest BCUT2D eigenvalue weighted by Crippen LogP contribution is 2.12. The van der Waals surface area contributed by atoms with Crippen LogP contribution in [0.5, 0.6) is 0 Å². The van der Waals surface area contributed by atoms with Crippen molar-refractivity contribution in [2.75, 3.05) is 51.4 Å². The lowest BCUT2D eigenvalue weighted by atomic mass is 10.2. The van der Waals surface area contributed by atoms with E-state index in [9.17, 15) is 10.1 Å². The number of ether oxygens (including phenoxy) is 1. The minimum absolute atomic E-state index is 0.0978. The van der Waals surface area contributed by atoms with E-state index in [1.165, 1.54) is 12.1 Å². The highest BCUT2D eigenvalue weighted by molar-refractivity contribution is 7.98. The zero-order chi connectivity index (χ0) is 20.2. The third-order valence-corrected chi connectivity index (χ3v) is 5.32. The van der Waals surface area contributed by atoms with Gasteiger partial charge in [0.2, 0.25) is 0 Å². The molecule has 156 valence electrons. The molecule has 1 aromatic rings. The molecule has 2 N–H and O–H groups in total. The number of guanidine groups is 1. The van der Waals surface area contributed by atoms with Gasteiger partial charge in [-0.05, 0) is 30.9 Å². The number of rotatable bonds is 10. The molecule has 8 nitrogen and oxygen atoms in total. The Kier molecular flexibility index (Phi) is 10.1. The normalized spacial score (nSPS) is 16.6. The van der Waals surface area contributed by atoms with Gasteiger partial charge in [-0.25, -0.2) is 4.99 Å². The first-order valence-corrected chi connectivity index (χ1v) is 11.1. The van der Waals surface area contributed by atoms with Crippen LogP contribution in [0.1, 0.15) is 18.9 Å².